The molecule has 3 atom stereocenters. The van der Waals surface area contributed by atoms with E-state index in [1.165, 1.54) is 10.0 Å². The van der Waals surface area contributed by atoms with Crippen LogP contribution in [0.15, 0.2) is 28.7 Å². The van der Waals surface area contributed by atoms with Crippen molar-refractivity contribution in [3.8, 4) is 0 Å². The number of aliphatic hydroxyl groups is 1. The molecule has 1 nitrogen and oxygen atoms in total. The van der Waals surface area contributed by atoms with E-state index < -0.39 is 0 Å². The SMILES string of the molecule is CCC1C(O)CC1c1ccccc1Br. The van der Waals surface area contributed by atoms with Crippen molar-refractivity contribution in [3.05, 3.63) is 34.3 Å². The molecule has 1 N–H and O–H groups in total. The topological polar surface area (TPSA) is 20.2 Å². The van der Waals surface area contributed by atoms with Gasteiger partial charge in [0.2, 0.25) is 0 Å². The zero-order valence-electron chi connectivity index (χ0n) is 8.28. The first-order valence-electron chi connectivity index (χ1n) is 5.16. The average Bonchev–Trinajstić information content (AvgIpc) is 2.16. The van der Waals surface area contributed by atoms with Crippen LogP contribution in [0.25, 0.3) is 0 Å². The van der Waals surface area contributed by atoms with E-state index >= 15 is 0 Å². The van der Waals surface area contributed by atoms with Gasteiger partial charge in [0.1, 0.15) is 0 Å². The Hall–Kier alpha value is -0.340. The summed E-state index contributed by atoms with van der Waals surface area (Å²) in [5.74, 6) is 0.999. The van der Waals surface area contributed by atoms with Gasteiger partial charge in [-0.2, -0.15) is 0 Å². The molecule has 14 heavy (non-hydrogen) atoms. The molecule has 1 aromatic rings. The summed E-state index contributed by atoms with van der Waals surface area (Å²) in [6.45, 7) is 2.15. The third kappa shape index (κ3) is 1.61. The van der Waals surface area contributed by atoms with Gasteiger partial charge in [-0.05, 0) is 29.9 Å². The minimum Gasteiger partial charge on any atom is -0.393 e. The van der Waals surface area contributed by atoms with Gasteiger partial charge in [0, 0.05) is 4.47 Å². The van der Waals surface area contributed by atoms with Gasteiger partial charge in [-0.3, -0.25) is 0 Å². The van der Waals surface area contributed by atoms with Crippen molar-refractivity contribution in [1.29, 1.82) is 0 Å². The van der Waals surface area contributed by atoms with Crippen molar-refractivity contribution in [2.45, 2.75) is 31.8 Å². The highest BCUT2D eigenvalue weighted by Crippen LogP contribution is 2.46. The predicted octanol–water partition coefficient (Wildman–Crippen LogP) is 3.32. The van der Waals surface area contributed by atoms with Crippen LogP contribution in [-0.2, 0) is 0 Å². The quantitative estimate of drug-likeness (QED) is 0.859. The van der Waals surface area contributed by atoms with Crippen LogP contribution in [0.4, 0.5) is 0 Å². The third-order valence-corrected chi connectivity index (χ3v) is 4.00. The minimum absolute atomic E-state index is 0.0860. The second-order valence-electron chi connectivity index (χ2n) is 4.00. The van der Waals surface area contributed by atoms with E-state index in [2.05, 4.69) is 41.1 Å². The van der Waals surface area contributed by atoms with E-state index in [0.717, 1.165) is 12.8 Å². The Balaban J connectivity index is 2.21. The monoisotopic (exact) mass is 254 g/mol. The molecule has 0 saturated heterocycles. The molecule has 2 heteroatoms. The van der Waals surface area contributed by atoms with Crippen LogP contribution in [0.2, 0.25) is 0 Å². The molecular formula is C12H15BrO. The first kappa shape index (κ1) is 10.2. The Morgan fingerprint density at radius 2 is 2.14 bits per heavy atom. The Labute approximate surface area is 93.3 Å². The summed E-state index contributed by atoms with van der Waals surface area (Å²) in [6.07, 6.45) is 1.89. The summed E-state index contributed by atoms with van der Waals surface area (Å²) >= 11 is 3.57. The molecule has 1 aromatic carbocycles. The van der Waals surface area contributed by atoms with Crippen molar-refractivity contribution in [1.82, 2.24) is 0 Å². The average molecular weight is 255 g/mol. The van der Waals surface area contributed by atoms with Gasteiger partial charge in [0.15, 0.2) is 0 Å². The first-order chi connectivity index (χ1) is 6.74. The molecule has 0 spiro atoms. The first-order valence-corrected chi connectivity index (χ1v) is 5.95. The maximum absolute atomic E-state index is 9.62. The predicted molar refractivity (Wildman–Crippen MR) is 61.3 cm³/mol. The number of aliphatic hydroxyl groups excluding tert-OH is 1. The lowest BCUT2D eigenvalue weighted by molar-refractivity contribution is -0.000955. The van der Waals surface area contributed by atoms with E-state index in [1.807, 2.05) is 6.07 Å². The van der Waals surface area contributed by atoms with Gasteiger partial charge in [-0.1, -0.05) is 47.5 Å². The second-order valence-corrected chi connectivity index (χ2v) is 4.86. The second kappa shape index (κ2) is 4.03. The number of halogens is 1. The maximum Gasteiger partial charge on any atom is 0.0580 e. The smallest absolute Gasteiger partial charge is 0.0580 e. The van der Waals surface area contributed by atoms with E-state index in [4.69, 9.17) is 0 Å². The standard InChI is InChI=1S/C12H15BrO/c1-2-8-10(7-12(8)14)9-5-3-4-6-11(9)13/h3-6,8,10,12,14H,2,7H2,1H3. The Kier molecular flexibility index (Phi) is 2.93. The lowest BCUT2D eigenvalue weighted by Gasteiger charge is -2.42. The summed E-state index contributed by atoms with van der Waals surface area (Å²) in [6, 6.07) is 8.33. The van der Waals surface area contributed by atoms with E-state index in [-0.39, 0.29) is 6.10 Å². The van der Waals surface area contributed by atoms with Crippen LogP contribution in [0.1, 0.15) is 31.2 Å². The van der Waals surface area contributed by atoms with Gasteiger partial charge < -0.3 is 5.11 Å². The molecule has 1 aliphatic carbocycles. The van der Waals surface area contributed by atoms with Crippen LogP contribution in [-0.4, -0.2) is 11.2 Å². The molecule has 1 fully saturated rings. The Morgan fingerprint density at radius 1 is 1.43 bits per heavy atom. The maximum atomic E-state index is 9.62. The van der Waals surface area contributed by atoms with Crippen molar-refractivity contribution >= 4 is 15.9 Å². The minimum atomic E-state index is -0.0860. The fraction of sp³-hybridized carbons (Fsp3) is 0.500. The van der Waals surface area contributed by atoms with Crippen LogP contribution in [0.3, 0.4) is 0 Å². The normalized spacial score (nSPS) is 31.2. The molecule has 0 amide bonds. The van der Waals surface area contributed by atoms with Gasteiger partial charge in [0.05, 0.1) is 6.10 Å². The summed E-state index contributed by atoms with van der Waals surface area (Å²) in [5, 5.41) is 9.62. The summed E-state index contributed by atoms with van der Waals surface area (Å²) in [7, 11) is 0. The zero-order valence-corrected chi connectivity index (χ0v) is 9.87. The van der Waals surface area contributed by atoms with Crippen LogP contribution < -0.4 is 0 Å². The highest BCUT2D eigenvalue weighted by molar-refractivity contribution is 9.10. The van der Waals surface area contributed by atoms with E-state index in [1.54, 1.807) is 0 Å². The highest BCUT2D eigenvalue weighted by atomic mass is 79.9. The van der Waals surface area contributed by atoms with Crippen LogP contribution >= 0.6 is 15.9 Å². The third-order valence-electron chi connectivity index (χ3n) is 3.28. The fourth-order valence-electron chi connectivity index (χ4n) is 2.37. The lowest BCUT2D eigenvalue weighted by Crippen LogP contribution is -2.39. The van der Waals surface area contributed by atoms with Crippen molar-refractivity contribution in [3.63, 3.8) is 0 Å². The molecular weight excluding hydrogens is 240 g/mol. The largest absolute Gasteiger partial charge is 0.393 e. The molecule has 3 unspecified atom stereocenters. The Morgan fingerprint density at radius 3 is 2.71 bits per heavy atom. The molecule has 0 aliphatic heterocycles. The summed E-state index contributed by atoms with van der Waals surface area (Å²) in [5.41, 5.74) is 1.35. The molecule has 0 heterocycles. The molecule has 0 aromatic heterocycles. The number of hydrogen-bond donors (Lipinski definition) is 1. The van der Waals surface area contributed by atoms with Gasteiger partial charge in [-0.15, -0.1) is 0 Å². The molecule has 0 bridgehead atoms. The van der Waals surface area contributed by atoms with Crippen molar-refractivity contribution < 1.29 is 5.11 Å². The fourth-order valence-corrected chi connectivity index (χ4v) is 2.95. The molecule has 2 rings (SSSR count). The van der Waals surface area contributed by atoms with Crippen LogP contribution in [0.5, 0.6) is 0 Å². The van der Waals surface area contributed by atoms with Crippen molar-refractivity contribution in [2.75, 3.05) is 0 Å². The summed E-state index contributed by atoms with van der Waals surface area (Å²) in [4.78, 5) is 0. The summed E-state index contributed by atoms with van der Waals surface area (Å²) < 4.78 is 1.18. The molecule has 1 saturated carbocycles. The number of hydrogen-bond acceptors (Lipinski definition) is 1. The van der Waals surface area contributed by atoms with Gasteiger partial charge in [0.25, 0.3) is 0 Å². The van der Waals surface area contributed by atoms with Gasteiger partial charge >= 0.3 is 0 Å². The lowest BCUT2D eigenvalue weighted by atomic mass is 9.66. The number of rotatable bonds is 2. The Bertz CT molecular complexity index is 324. The van der Waals surface area contributed by atoms with E-state index in [0.29, 0.717) is 11.8 Å². The van der Waals surface area contributed by atoms with Crippen LogP contribution in [0, 0.1) is 5.92 Å². The van der Waals surface area contributed by atoms with Gasteiger partial charge in [-0.25, -0.2) is 0 Å². The number of benzene rings is 1. The van der Waals surface area contributed by atoms with E-state index in [9.17, 15) is 5.11 Å². The molecule has 0 radical (unpaired) electrons. The molecule has 76 valence electrons. The van der Waals surface area contributed by atoms with Crippen molar-refractivity contribution in [2.24, 2.45) is 5.92 Å². The highest BCUT2D eigenvalue weighted by Gasteiger charge is 2.39. The molecule has 1 aliphatic rings. The zero-order chi connectivity index (χ0) is 10.1.